The molecule has 6 heteroatoms. The number of aliphatic hydroxyl groups excluding tert-OH is 1. The Morgan fingerprint density at radius 2 is 2.05 bits per heavy atom. The number of halogens is 2. The lowest BCUT2D eigenvalue weighted by molar-refractivity contribution is 0.219. The van der Waals surface area contributed by atoms with Crippen molar-refractivity contribution in [1.82, 2.24) is 4.57 Å². The molecular weight excluding hydrogens is 449 g/mol. The van der Waals surface area contributed by atoms with E-state index in [9.17, 15) is 9.90 Å². The Kier molecular flexibility index (Phi) is 3.94. The van der Waals surface area contributed by atoms with Gasteiger partial charge in [0.2, 0.25) is 0 Å². The van der Waals surface area contributed by atoms with E-state index in [-0.39, 0.29) is 0 Å². The lowest BCUT2D eigenvalue weighted by Gasteiger charge is -2.13. The monoisotopic (exact) mass is 459 g/mol. The molecule has 2 aromatic carbocycles. The highest BCUT2D eigenvalue weighted by Crippen LogP contribution is 2.30. The molecule has 1 aromatic heterocycles. The van der Waals surface area contributed by atoms with Crippen LogP contribution >= 0.6 is 38.5 Å². The van der Waals surface area contributed by atoms with Crippen molar-refractivity contribution >= 4 is 49.6 Å². The van der Waals surface area contributed by atoms with Crippen LogP contribution in [0.5, 0.6) is 0 Å². The molecule has 0 radical (unpaired) electrons. The highest BCUT2D eigenvalue weighted by molar-refractivity contribution is 14.1. The van der Waals surface area contributed by atoms with Crippen LogP contribution < -0.4 is 5.76 Å². The van der Waals surface area contributed by atoms with Crippen molar-refractivity contribution in [2.24, 2.45) is 7.05 Å². The maximum atomic E-state index is 11.5. The van der Waals surface area contributed by atoms with E-state index in [1.54, 1.807) is 25.2 Å². The minimum absolute atomic E-state index is 0.409. The van der Waals surface area contributed by atoms with E-state index in [1.807, 2.05) is 18.2 Å². The van der Waals surface area contributed by atoms with Gasteiger partial charge in [0.05, 0.1) is 5.52 Å². The molecule has 0 fully saturated rings. The van der Waals surface area contributed by atoms with Crippen LogP contribution in [0.2, 0.25) is 0 Å². The van der Waals surface area contributed by atoms with Crippen LogP contribution in [-0.2, 0) is 7.05 Å². The molecule has 3 aromatic rings. The molecule has 108 valence electrons. The number of oxazole rings is 1. The number of aliphatic hydroxyl groups is 1. The maximum absolute atomic E-state index is 11.5. The first-order valence-electron chi connectivity index (χ1n) is 6.20. The molecule has 0 aliphatic heterocycles. The number of hydrogen-bond donors (Lipinski definition) is 1. The summed E-state index contributed by atoms with van der Waals surface area (Å²) in [6.45, 7) is 0. The zero-order valence-corrected chi connectivity index (χ0v) is 14.8. The van der Waals surface area contributed by atoms with Crippen molar-refractivity contribution in [2.75, 3.05) is 0 Å². The summed E-state index contributed by atoms with van der Waals surface area (Å²) in [5.41, 5.74) is 2.68. The molecule has 1 unspecified atom stereocenters. The second kappa shape index (κ2) is 5.58. The SMILES string of the molecule is Cn1c(=O)oc2cc(C(O)c3cc(Br)ccc3I)ccc21. The summed E-state index contributed by atoms with van der Waals surface area (Å²) in [7, 11) is 1.65. The van der Waals surface area contributed by atoms with Crippen LogP contribution in [0.1, 0.15) is 17.2 Å². The van der Waals surface area contributed by atoms with Gasteiger partial charge in [-0.2, -0.15) is 0 Å². The zero-order valence-electron chi connectivity index (χ0n) is 11.0. The molecular formula is C15H11BrINO3. The molecule has 4 nitrogen and oxygen atoms in total. The van der Waals surface area contributed by atoms with Gasteiger partial charge >= 0.3 is 5.76 Å². The minimum Gasteiger partial charge on any atom is -0.408 e. The number of rotatable bonds is 2. The fraction of sp³-hybridized carbons (Fsp3) is 0.133. The van der Waals surface area contributed by atoms with Crippen molar-refractivity contribution in [3.8, 4) is 0 Å². The number of nitrogens with zero attached hydrogens (tertiary/aromatic N) is 1. The zero-order chi connectivity index (χ0) is 15.1. The molecule has 0 spiro atoms. The summed E-state index contributed by atoms with van der Waals surface area (Å²) in [5.74, 6) is -0.409. The third-order valence-corrected chi connectivity index (χ3v) is 4.86. The normalized spacial score (nSPS) is 12.8. The average molecular weight is 460 g/mol. The highest BCUT2D eigenvalue weighted by atomic mass is 127. The third-order valence-electron chi connectivity index (χ3n) is 3.38. The van der Waals surface area contributed by atoms with Crippen molar-refractivity contribution in [3.63, 3.8) is 0 Å². The first kappa shape index (κ1) is 14.8. The molecule has 0 aliphatic rings. The predicted octanol–water partition coefficient (Wildman–Crippen LogP) is 3.58. The molecule has 0 bridgehead atoms. The van der Waals surface area contributed by atoms with Crippen molar-refractivity contribution < 1.29 is 9.52 Å². The third kappa shape index (κ3) is 2.67. The number of aryl methyl sites for hydroxylation is 1. The van der Waals surface area contributed by atoms with Gasteiger partial charge in [0.15, 0.2) is 5.58 Å². The maximum Gasteiger partial charge on any atom is 0.419 e. The fourth-order valence-electron chi connectivity index (χ4n) is 2.22. The molecule has 1 heterocycles. The summed E-state index contributed by atoms with van der Waals surface area (Å²) in [6, 6.07) is 11.0. The van der Waals surface area contributed by atoms with Crippen LogP contribution in [0, 0.1) is 3.57 Å². The van der Waals surface area contributed by atoms with E-state index in [1.165, 1.54) is 4.57 Å². The van der Waals surface area contributed by atoms with Gasteiger partial charge in [-0.15, -0.1) is 0 Å². The Balaban J connectivity index is 2.11. The summed E-state index contributed by atoms with van der Waals surface area (Å²) in [4.78, 5) is 11.5. The number of hydrogen-bond acceptors (Lipinski definition) is 3. The summed E-state index contributed by atoms with van der Waals surface area (Å²) < 4.78 is 8.48. The first-order chi connectivity index (χ1) is 9.97. The second-order valence-electron chi connectivity index (χ2n) is 4.72. The molecule has 1 atom stereocenters. The van der Waals surface area contributed by atoms with Crippen LogP contribution in [0.3, 0.4) is 0 Å². The van der Waals surface area contributed by atoms with Gasteiger partial charge in [0, 0.05) is 15.1 Å². The number of aromatic nitrogens is 1. The second-order valence-corrected chi connectivity index (χ2v) is 6.80. The fourth-order valence-corrected chi connectivity index (χ4v) is 3.23. The van der Waals surface area contributed by atoms with Crippen molar-refractivity contribution in [2.45, 2.75) is 6.10 Å². The standard InChI is InChI=1S/C15H11BrINO3/c1-18-12-5-2-8(6-13(12)21-15(18)20)14(19)10-7-9(16)3-4-11(10)17/h2-7,14,19H,1H3. The molecule has 1 N–H and O–H groups in total. The van der Waals surface area contributed by atoms with E-state index >= 15 is 0 Å². The lowest BCUT2D eigenvalue weighted by atomic mass is 10.0. The Labute approximate surface area is 142 Å². The van der Waals surface area contributed by atoms with Gasteiger partial charge in [-0.1, -0.05) is 22.0 Å². The largest absolute Gasteiger partial charge is 0.419 e. The van der Waals surface area contributed by atoms with E-state index in [4.69, 9.17) is 4.42 Å². The summed E-state index contributed by atoms with van der Waals surface area (Å²) in [6.07, 6.45) is -0.774. The number of benzene rings is 2. The molecule has 0 amide bonds. The molecule has 0 saturated carbocycles. The smallest absolute Gasteiger partial charge is 0.408 e. The van der Waals surface area contributed by atoms with E-state index in [0.29, 0.717) is 16.7 Å². The Morgan fingerprint density at radius 1 is 1.29 bits per heavy atom. The quantitative estimate of drug-likeness (QED) is 0.596. The van der Waals surface area contributed by atoms with Gasteiger partial charge in [-0.3, -0.25) is 4.57 Å². The van der Waals surface area contributed by atoms with Crippen LogP contribution in [0.4, 0.5) is 0 Å². The van der Waals surface area contributed by atoms with Crippen molar-refractivity contribution in [1.29, 1.82) is 0 Å². The van der Waals surface area contributed by atoms with Gasteiger partial charge < -0.3 is 9.52 Å². The van der Waals surface area contributed by atoms with E-state index < -0.39 is 11.9 Å². The minimum atomic E-state index is -0.774. The van der Waals surface area contributed by atoms with Gasteiger partial charge in [-0.05, 0) is 64.0 Å². The van der Waals surface area contributed by atoms with E-state index in [0.717, 1.165) is 13.6 Å². The van der Waals surface area contributed by atoms with Crippen molar-refractivity contribution in [3.05, 3.63) is 66.1 Å². The highest BCUT2D eigenvalue weighted by Gasteiger charge is 2.16. The first-order valence-corrected chi connectivity index (χ1v) is 8.07. The molecule has 3 rings (SSSR count). The Morgan fingerprint density at radius 3 is 2.81 bits per heavy atom. The predicted molar refractivity (Wildman–Crippen MR) is 92.4 cm³/mol. The summed E-state index contributed by atoms with van der Waals surface area (Å²) in [5, 5.41) is 10.6. The van der Waals surface area contributed by atoms with Gasteiger partial charge in [0.25, 0.3) is 0 Å². The van der Waals surface area contributed by atoms with Crippen LogP contribution in [0.15, 0.2) is 50.1 Å². The Bertz CT molecular complexity index is 884. The van der Waals surface area contributed by atoms with Crippen LogP contribution in [-0.4, -0.2) is 9.67 Å². The molecule has 0 aliphatic carbocycles. The van der Waals surface area contributed by atoms with Gasteiger partial charge in [-0.25, -0.2) is 4.79 Å². The topological polar surface area (TPSA) is 55.4 Å². The number of fused-ring (bicyclic) bond motifs is 1. The summed E-state index contributed by atoms with van der Waals surface area (Å²) >= 11 is 5.60. The van der Waals surface area contributed by atoms with Crippen LogP contribution in [0.25, 0.3) is 11.1 Å². The molecule has 21 heavy (non-hydrogen) atoms. The Hall–Kier alpha value is -1.12. The average Bonchev–Trinajstić information content (AvgIpc) is 2.75. The van der Waals surface area contributed by atoms with E-state index in [2.05, 4.69) is 38.5 Å². The van der Waals surface area contributed by atoms with Gasteiger partial charge in [0.1, 0.15) is 6.10 Å². The molecule has 0 saturated heterocycles. The lowest BCUT2D eigenvalue weighted by Crippen LogP contribution is -2.08.